The molecule has 1 aliphatic carbocycles. The number of hydrogen-bond acceptors (Lipinski definition) is 2. The molecular formula is C22H27NO. The Labute approximate surface area is 145 Å². The van der Waals surface area contributed by atoms with Crippen molar-refractivity contribution in [3.05, 3.63) is 65.2 Å². The van der Waals surface area contributed by atoms with E-state index in [2.05, 4.69) is 55.1 Å². The largest absolute Gasteiger partial charge is 0.508 e. The molecule has 4 rings (SSSR count). The number of benzene rings is 2. The van der Waals surface area contributed by atoms with Gasteiger partial charge in [-0.3, -0.25) is 4.90 Å². The first-order valence-electron chi connectivity index (χ1n) is 9.18. The summed E-state index contributed by atoms with van der Waals surface area (Å²) in [6, 6.07) is 17.4. The maximum Gasteiger partial charge on any atom is 0.115 e. The smallest absolute Gasteiger partial charge is 0.115 e. The van der Waals surface area contributed by atoms with E-state index in [0.29, 0.717) is 17.7 Å². The average molecular weight is 321 g/mol. The maximum absolute atomic E-state index is 9.94. The molecule has 0 amide bonds. The van der Waals surface area contributed by atoms with Gasteiger partial charge in [0.05, 0.1) is 0 Å². The number of rotatable bonds is 3. The van der Waals surface area contributed by atoms with Gasteiger partial charge in [-0.05, 0) is 66.0 Å². The normalized spacial score (nSPS) is 29.2. The summed E-state index contributed by atoms with van der Waals surface area (Å²) in [6.45, 7) is 7.11. The summed E-state index contributed by atoms with van der Waals surface area (Å²) >= 11 is 0. The van der Waals surface area contributed by atoms with Crippen LogP contribution in [0.3, 0.4) is 0 Å². The molecule has 1 saturated heterocycles. The van der Waals surface area contributed by atoms with E-state index in [0.717, 1.165) is 25.9 Å². The SMILES string of the molecule is C[C@@H]1[C@@H]2Cc3ccc(O)cc3[C@]1(C)CCN2CCc1ccccc1. The Morgan fingerprint density at radius 3 is 2.75 bits per heavy atom. The van der Waals surface area contributed by atoms with Gasteiger partial charge in [0.15, 0.2) is 0 Å². The quantitative estimate of drug-likeness (QED) is 0.917. The third kappa shape index (κ3) is 2.53. The van der Waals surface area contributed by atoms with Crippen molar-refractivity contribution in [3.8, 4) is 5.75 Å². The third-order valence-corrected chi connectivity index (χ3v) is 6.64. The number of aromatic hydroxyl groups is 1. The van der Waals surface area contributed by atoms with Gasteiger partial charge in [0.2, 0.25) is 0 Å². The molecule has 1 fully saturated rings. The number of fused-ring (bicyclic) bond motifs is 4. The van der Waals surface area contributed by atoms with E-state index in [9.17, 15) is 5.11 Å². The van der Waals surface area contributed by atoms with Crippen molar-refractivity contribution in [2.45, 2.75) is 44.6 Å². The standard InChI is InChI=1S/C22H27NO/c1-16-21-14-18-8-9-19(24)15-20(18)22(16,2)11-13-23(21)12-10-17-6-4-3-5-7-17/h3-9,15-16,21,24H,10-14H2,1-2H3/t16-,21+,22-/m1/s1. The summed E-state index contributed by atoms with van der Waals surface area (Å²) in [5.41, 5.74) is 4.44. The van der Waals surface area contributed by atoms with Gasteiger partial charge >= 0.3 is 0 Å². The molecule has 2 aliphatic rings. The second-order valence-electron chi connectivity index (χ2n) is 7.84. The molecule has 0 saturated carbocycles. The van der Waals surface area contributed by atoms with Gasteiger partial charge in [0.1, 0.15) is 5.75 Å². The van der Waals surface area contributed by atoms with E-state index in [1.54, 1.807) is 0 Å². The van der Waals surface area contributed by atoms with Gasteiger partial charge in [-0.2, -0.15) is 0 Å². The Kier molecular flexibility index (Phi) is 3.88. The van der Waals surface area contributed by atoms with Crippen LogP contribution in [0.2, 0.25) is 0 Å². The molecule has 2 aromatic rings. The van der Waals surface area contributed by atoms with Crippen LogP contribution < -0.4 is 0 Å². The lowest BCUT2D eigenvalue weighted by molar-refractivity contribution is 0.0322. The van der Waals surface area contributed by atoms with Crippen LogP contribution in [0.4, 0.5) is 0 Å². The van der Waals surface area contributed by atoms with Crippen molar-refractivity contribution in [2.24, 2.45) is 5.92 Å². The van der Waals surface area contributed by atoms with E-state index in [-0.39, 0.29) is 5.41 Å². The topological polar surface area (TPSA) is 23.5 Å². The summed E-state index contributed by atoms with van der Waals surface area (Å²) in [5.74, 6) is 1.03. The number of nitrogens with zero attached hydrogens (tertiary/aromatic N) is 1. The molecule has 1 N–H and O–H groups in total. The summed E-state index contributed by atoms with van der Waals surface area (Å²) in [5, 5.41) is 9.94. The minimum Gasteiger partial charge on any atom is -0.508 e. The van der Waals surface area contributed by atoms with Crippen LogP contribution in [-0.4, -0.2) is 29.1 Å². The fourth-order valence-corrected chi connectivity index (χ4v) is 4.89. The highest BCUT2D eigenvalue weighted by Crippen LogP contribution is 2.49. The van der Waals surface area contributed by atoms with E-state index in [4.69, 9.17) is 0 Å². The van der Waals surface area contributed by atoms with Crippen LogP contribution in [0.15, 0.2) is 48.5 Å². The molecule has 2 aromatic carbocycles. The van der Waals surface area contributed by atoms with Crippen molar-refractivity contribution < 1.29 is 5.11 Å². The highest BCUT2D eigenvalue weighted by molar-refractivity contribution is 5.44. The molecule has 126 valence electrons. The first-order chi connectivity index (χ1) is 11.6. The first kappa shape index (κ1) is 15.7. The molecule has 0 spiro atoms. The van der Waals surface area contributed by atoms with E-state index >= 15 is 0 Å². The summed E-state index contributed by atoms with van der Waals surface area (Å²) in [6.07, 6.45) is 3.42. The molecule has 1 heterocycles. The fraction of sp³-hybridized carbons (Fsp3) is 0.455. The van der Waals surface area contributed by atoms with E-state index in [1.165, 1.54) is 23.1 Å². The van der Waals surface area contributed by atoms with Crippen molar-refractivity contribution >= 4 is 0 Å². The molecular weight excluding hydrogens is 294 g/mol. The lowest BCUT2D eigenvalue weighted by Crippen LogP contribution is -2.58. The van der Waals surface area contributed by atoms with Gasteiger partial charge in [-0.1, -0.05) is 50.2 Å². The molecule has 24 heavy (non-hydrogen) atoms. The molecule has 2 nitrogen and oxygen atoms in total. The molecule has 1 aliphatic heterocycles. The van der Waals surface area contributed by atoms with Crippen LogP contribution in [0, 0.1) is 5.92 Å². The molecule has 2 bridgehead atoms. The molecule has 0 aromatic heterocycles. The number of likely N-dealkylation sites (tertiary alicyclic amines) is 1. The number of phenolic OH excluding ortho intramolecular Hbond substituents is 1. The monoisotopic (exact) mass is 321 g/mol. The number of piperidine rings is 1. The van der Waals surface area contributed by atoms with Crippen molar-refractivity contribution in [2.75, 3.05) is 13.1 Å². The first-order valence-corrected chi connectivity index (χ1v) is 9.18. The number of phenols is 1. The van der Waals surface area contributed by atoms with Crippen molar-refractivity contribution in [1.82, 2.24) is 4.90 Å². The summed E-state index contributed by atoms with van der Waals surface area (Å²) in [7, 11) is 0. The van der Waals surface area contributed by atoms with Crippen LogP contribution in [-0.2, 0) is 18.3 Å². The van der Waals surface area contributed by atoms with Crippen LogP contribution in [0.25, 0.3) is 0 Å². The number of hydrogen-bond donors (Lipinski definition) is 1. The van der Waals surface area contributed by atoms with Crippen molar-refractivity contribution in [3.63, 3.8) is 0 Å². The minimum atomic E-state index is 0.195. The predicted molar refractivity (Wildman–Crippen MR) is 98.5 cm³/mol. The molecule has 2 heteroatoms. The molecule has 0 radical (unpaired) electrons. The van der Waals surface area contributed by atoms with E-state index < -0.39 is 0 Å². The predicted octanol–water partition coefficient (Wildman–Crippen LogP) is 4.16. The Hall–Kier alpha value is -1.80. The van der Waals surface area contributed by atoms with Gasteiger partial charge < -0.3 is 5.11 Å². The Morgan fingerprint density at radius 1 is 1.17 bits per heavy atom. The second-order valence-corrected chi connectivity index (χ2v) is 7.84. The van der Waals surface area contributed by atoms with Crippen LogP contribution in [0.1, 0.15) is 37.0 Å². The summed E-state index contributed by atoms with van der Waals surface area (Å²) < 4.78 is 0. The van der Waals surface area contributed by atoms with E-state index in [1.807, 2.05) is 12.1 Å². The lowest BCUT2D eigenvalue weighted by Gasteiger charge is -2.54. The van der Waals surface area contributed by atoms with Crippen LogP contribution in [0.5, 0.6) is 5.75 Å². The Bertz CT molecular complexity index is 726. The molecule has 3 atom stereocenters. The summed E-state index contributed by atoms with van der Waals surface area (Å²) in [4.78, 5) is 2.70. The Morgan fingerprint density at radius 2 is 1.96 bits per heavy atom. The average Bonchev–Trinajstić information content (AvgIpc) is 2.59. The van der Waals surface area contributed by atoms with Gasteiger partial charge in [-0.15, -0.1) is 0 Å². The highest BCUT2D eigenvalue weighted by atomic mass is 16.3. The highest BCUT2D eigenvalue weighted by Gasteiger charge is 2.48. The minimum absolute atomic E-state index is 0.195. The van der Waals surface area contributed by atoms with Crippen molar-refractivity contribution in [1.29, 1.82) is 0 Å². The maximum atomic E-state index is 9.94. The zero-order valence-electron chi connectivity index (χ0n) is 14.7. The second kappa shape index (κ2) is 5.93. The zero-order valence-corrected chi connectivity index (χ0v) is 14.7. The third-order valence-electron chi connectivity index (χ3n) is 6.64. The lowest BCUT2D eigenvalue weighted by atomic mass is 9.59. The van der Waals surface area contributed by atoms with Crippen LogP contribution >= 0.6 is 0 Å². The fourth-order valence-electron chi connectivity index (χ4n) is 4.89. The zero-order chi connectivity index (χ0) is 16.7. The van der Waals surface area contributed by atoms with Gasteiger partial charge in [-0.25, -0.2) is 0 Å². The molecule has 0 unspecified atom stereocenters. The Balaban J connectivity index is 1.57. The van der Waals surface area contributed by atoms with Gasteiger partial charge in [0, 0.05) is 12.6 Å². The van der Waals surface area contributed by atoms with Gasteiger partial charge in [0.25, 0.3) is 0 Å².